The first-order chi connectivity index (χ1) is 9.15. The summed E-state index contributed by atoms with van der Waals surface area (Å²) in [7, 11) is 0. The third-order valence-electron chi connectivity index (χ3n) is 3.69. The molecule has 4 atom stereocenters. The summed E-state index contributed by atoms with van der Waals surface area (Å²) < 4.78 is 6.24. The number of aliphatic hydroxyl groups excluding tert-OH is 2. The van der Waals surface area contributed by atoms with Crippen molar-refractivity contribution in [3.63, 3.8) is 0 Å². The van der Waals surface area contributed by atoms with Gasteiger partial charge in [0, 0.05) is 11.8 Å². The predicted octanol–water partition coefficient (Wildman–Crippen LogP) is -3.08. The zero-order chi connectivity index (χ0) is 15.3. The minimum Gasteiger partial charge on any atom is -0.394 e. The largest absolute Gasteiger partial charge is 0.394 e. The van der Waals surface area contributed by atoms with Gasteiger partial charge in [0.1, 0.15) is 12.2 Å². The fourth-order valence-electron chi connectivity index (χ4n) is 2.28. The smallest absolute Gasteiger partial charge is 0.330 e. The van der Waals surface area contributed by atoms with Crippen molar-refractivity contribution in [3.05, 3.63) is 32.6 Å². The van der Waals surface area contributed by atoms with Gasteiger partial charge in [-0.15, -0.1) is 0 Å². The highest BCUT2D eigenvalue weighted by Crippen LogP contribution is 2.39. The summed E-state index contributed by atoms with van der Waals surface area (Å²) in [6, 6.07) is 0. The molecule has 112 valence electrons. The van der Waals surface area contributed by atoms with E-state index in [1.165, 1.54) is 20.0 Å². The fourth-order valence-corrected chi connectivity index (χ4v) is 2.28. The maximum atomic E-state index is 11.9. The number of nitrogens with one attached hydrogen (secondary N) is 1. The molecule has 6 N–H and O–H groups in total. The lowest BCUT2D eigenvalue weighted by molar-refractivity contribution is -0.184. The quantitative estimate of drug-likeness (QED) is 0.362. The standard InChI is InChI=1S/C11H17N3O6/c1-5-3-14(9(18)13-8(5)17)10(2)11(12,19)7(16)6(4-15)20-10/h3,6-7,15-16,19H,4,12H2,1-2H3,(H,13,17,18)/t6-,7-,10-,11-/m1/s1. The van der Waals surface area contributed by atoms with Crippen LogP contribution >= 0.6 is 0 Å². The van der Waals surface area contributed by atoms with Gasteiger partial charge in [0.15, 0.2) is 11.4 Å². The Balaban J connectivity index is 2.65. The molecule has 0 radical (unpaired) electrons. The summed E-state index contributed by atoms with van der Waals surface area (Å²) in [6.07, 6.45) is -1.59. The average molecular weight is 287 g/mol. The molecular formula is C11H17N3O6. The molecule has 20 heavy (non-hydrogen) atoms. The van der Waals surface area contributed by atoms with Gasteiger partial charge in [0.05, 0.1) is 6.61 Å². The SMILES string of the molecule is Cc1cn([C@]2(C)O[C@H](CO)[C@@H](O)[C@@]2(N)O)c(=O)[nH]c1=O. The molecule has 9 heteroatoms. The van der Waals surface area contributed by atoms with Crippen molar-refractivity contribution in [2.24, 2.45) is 5.73 Å². The summed E-state index contributed by atoms with van der Waals surface area (Å²) in [5.74, 6) is 0. The fraction of sp³-hybridized carbons (Fsp3) is 0.636. The van der Waals surface area contributed by atoms with Crippen molar-refractivity contribution in [3.8, 4) is 0 Å². The maximum Gasteiger partial charge on any atom is 0.330 e. The number of nitrogens with two attached hydrogens (primary N) is 1. The Hall–Kier alpha value is -1.52. The van der Waals surface area contributed by atoms with Gasteiger partial charge in [0.25, 0.3) is 5.56 Å². The van der Waals surface area contributed by atoms with Crippen LogP contribution < -0.4 is 17.0 Å². The molecule has 0 saturated carbocycles. The molecule has 0 amide bonds. The van der Waals surface area contributed by atoms with Crippen LogP contribution in [0.4, 0.5) is 0 Å². The molecule has 0 spiro atoms. The van der Waals surface area contributed by atoms with Crippen LogP contribution in [0, 0.1) is 6.92 Å². The Bertz CT molecular complexity index is 636. The normalized spacial score (nSPS) is 37.3. The van der Waals surface area contributed by atoms with Crippen molar-refractivity contribution < 1.29 is 20.1 Å². The van der Waals surface area contributed by atoms with Crippen molar-refractivity contribution in [2.75, 3.05) is 6.61 Å². The Labute approximate surface area is 113 Å². The van der Waals surface area contributed by atoms with Gasteiger partial charge in [-0.3, -0.25) is 20.1 Å². The number of aryl methyl sites for hydroxylation is 1. The second kappa shape index (κ2) is 4.50. The molecule has 1 aromatic rings. The van der Waals surface area contributed by atoms with E-state index >= 15 is 0 Å². The molecule has 1 fully saturated rings. The summed E-state index contributed by atoms with van der Waals surface area (Å²) in [6.45, 7) is 2.15. The molecule has 1 saturated heterocycles. The first kappa shape index (κ1) is 14.9. The maximum absolute atomic E-state index is 11.9. The number of hydrogen-bond donors (Lipinski definition) is 5. The molecule has 0 unspecified atom stereocenters. The Kier molecular flexibility index (Phi) is 3.35. The minimum absolute atomic E-state index is 0.201. The molecule has 0 aliphatic carbocycles. The summed E-state index contributed by atoms with van der Waals surface area (Å²) in [5.41, 5.74) is 0.282. The van der Waals surface area contributed by atoms with E-state index in [1.807, 2.05) is 0 Å². The van der Waals surface area contributed by atoms with Crippen molar-refractivity contribution in [1.82, 2.24) is 9.55 Å². The number of aliphatic hydroxyl groups is 3. The molecule has 0 aromatic carbocycles. The van der Waals surface area contributed by atoms with Crippen LogP contribution in [0.1, 0.15) is 12.5 Å². The van der Waals surface area contributed by atoms with Gasteiger partial charge in [-0.25, -0.2) is 4.79 Å². The zero-order valence-corrected chi connectivity index (χ0v) is 11.0. The van der Waals surface area contributed by atoms with Gasteiger partial charge in [-0.1, -0.05) is 0 Å². The number of nitrogens with zero attached hydrogens (tertiary/aromatic N) is 1. The Morgan fingerprint density at radius 3 is 2.65 bits per heavy atom. The predicted molar refractivity (Wildman–Crippen MR) is 66.8 cm³/mol. The van der Waals surface area contributed by atoms with Crippen molar-refractivity contribution >= 4 is 0 Å². The van der Waals surface area contributed by atoms with Gasteiger partial charge in [-0.05, 0) is 13.8 Å². The molecule has 2 rings (SSSR count). The third kappa shape index (κ3) is 1.83. The molecule has 1 aliphatic rings. The summed E-state index contributed by atoms with van der Waals surface area (Å²) in [5, 5.41) is 29.3. The molecule has 9 nitrogen and oxygen atoms in total. The average Bonchev–Trinajstić information content (AvgIpc) is 2.55. The Morgan fingerprint density at radius 2 is 2.15 bits per heavy atom. The first-order valence-electron chi connectivity index (χ1n) is 5.96. The van der Waals surface area contributed by atoms with E-state index in [1.54, 1.807) is 0 Å². The van der Waals surface area contributed by atoms with Crippen LogP contribution in [0.3, 0.4) is 0 Å². The first-order valence-corrected chi connectivity index (χ1v) is 5.96. The lowest BCUT2D eigenvalue weighted by Crippen LogP contribution is -2.64. The number of aromatic amines is 1. The zero-order valence-electron chi connectivity index (χ0n) is 11.0. The summed E-state index contributed by atoms with van der Waals surface area (Å²) >= 11 is 0. The lowest BCUT2D eigenvalue weighted by atomic mass is 9.96. The lowest BCUT2D eigenvalue weighted by Gasteiger charge is -2.36. The van der Waals surface area contributed by atoms with Gasteiger partial charge < -0.3 is 20.1 Å². The number of hydrogen-bond acceptors (Lipinski definition) is 7. The molecule has 0 bridgehead atoms. The van der Waals surface area contributed by atoms with E-state index < -0.39 is 41.5 Å². The van der Waals surface area contributed by atoms with Crippen LogP contribution in [0.2, 0.25) is 0 Å². The van der Waals surface area contributed by atoms with Crippen LogP contribution in [-0.4, -0.2) is 49.4 Å². The number of rotatable bonds is 2. The van der Waals surface area contributed by atoms with E-state index in [0.29, 0.717) is 0 Å². The van der Waals surface area contributed by atoms with Crippen LogP contribution in [-0.2, 0) is 10.5 Å². The number of aromatic nitrogens is 2. The van der Waals surface area contributed by atoms with E-state index in [-0.39, 0.29) is 5.56 Å². The summed E-state index contributed by atoms with van der Waals surface area (Å²) in [4.78, 5) is 25.3. The van der Waals surface area contributed by atoms with Gasteiger partial charge in [0.2, 0.25) is 0 Å². The van der Waals surface area contributed by atoms with E-state index in [2.05, 4.69) is 4.98 Å². The Morgan fingerprint density at radius 1 is 1.55 bits per heavy atom. The molecule has 1 aromatic heterocycles. The van der Waals surface area contributed by atoms with Gasteiger partial charge in [-0.2, -0.15) is 0 Å². The van der Waals surface area contributed by atoms with Crippen LogP contribution in [0.25, 0.3) is 0 Å². The van der Waals surface area contributed by atoms with Crippen molar-refractivity contribution in [2.45, 2.75) is 37.5 Å². The number of ether oxygens (including phenoxy) is 1. The highest BCUT2D eigenvalue weighted by molar-refractivity contribution is 5.10. The van der Waals surface area contributed by atoms with Gasteiger partial charge >= 0.3 is 5.69 Å². The van der Waals surface area contributed by atoms with Crippen LogP contribution in [0.5, 0.6) is 0 Å². The van der Waals surface area contributed by atoms with E-state index in [9.17, 15) is 19.8 Å². The van der Waals surface area contributed by atoms with E-state index in [0.717, 1.165) is 4.57 Å². The van der Waals surface area contributed by atoms with E-state index in [4.69, 9.17) is 15.6 Å². The molecular weight excluding hydrogens is 270 g/mol. The second-order valence-electron chi connectivity index (χ2n) is 5.03. The van der Waals surface area contributed by atoms with Crippen LogP contribution in [0.15, 0.2) is 15.8 Å². The highest BCUT2D eigenvalue weighted by Gasteiger charge is 2.62. The monoisotopic (exact) mass is 287 g/mol. The molecule has 2 heterocycles. The molecule has 1 aliphatic heterocycles. The second-order valence-corrected chi connectivity index (χ2v) is 5.03. The minimum atomic E-state index is -2.32. The van der Waals surface area contributed by atoms with Crippen molar-refractivity contribution in [1.29, 1.82) is 0 Å². The topological polar surface area (TPSA) is 151 Å². The highest BCUT2D eigenvalue weighted by atomic mass is 16.6. The number of H-pyrrole nitrogens is 1. The third-order valence-corrected chi connectivity index (χ3v) is 3.69.